The number of allylic oxidation sites excluding steroid dienone is 1. The highest BCUT2D eigenvalue weighted by Gasteiger charge is 2.36. The molecule has 0 radical (unpaired) electrons. The van der Waals surface area contributed by atoms with Crippen molar-refractivity contribution in [1.29, 1.82) is 0 Å². The molecule has 3 aromatic carbocycles. The van der Waals surface area contributed by atoms with Crippen molar-refractivity contribution in [2.75, 3.05) is 25.0 Å². The number of amides is 2. The van der Waals surface area contributed by atoms with E-state index in [9.17, 15) is 14.0 Å². The Labute approximate surface area is 246 Å². The van der Waals surface area contributed by atoms with Crippen molar-refractivity contribution in [2.24, 2.45) is 5.73 Å². The summed E-state index contributed by atoms with van der Waals surface area (Å²) in [5.74, 6) is 0.157. The van der Waals surface area contributed by atoms with Gasteiger partial charge in [0.25, 0.3) is 11.8 Å². The summed E-state index contributed by atoms with van der Waals surface area (Å²) in [6, 6.07) is 20.2. The highest BCUT2D eigenvalue weighted by Crippen LogP contribution is 2.35. The minimum absolute atomic E-state index is 0.0901. The lowest BCUT2D eigenvalue weighted by Crippen LogP contribution is -2.33. The van der Waals surface area contributed by atoms with Gasteiger partial charge in [-0.1, -0.05) is 62.4 Å². The van der Waals surface area contributed by atoms with Crippen molar-refractivity contribution in [2.45, 2.75) is 46.1 Å². The van der Waals surface area contributed by atoms with Crippen LogP contribution in [0.2, 0.25) is 0 Å². The molecule has 42 heavy (non-hydrogen) atoms. The van der Waals surface area contributed by atoms with E-state index in [-0.39, 0.29) is 17.6 Å². The highest BCUT2D eigenvalue weighted by atomic mass is 19.1. The largest absolute Gasteiger partial charge is 0.485 e. The number of anilines is 1. The number of ether oxygens (including phenoxy) is 2. The summed E-state index contributed by atoms with van der Waals surface area (Å²) >= 11 is 0. The van der Waals surface area contributed by atoms with Crippen LogP contribution < -0.4 is 20.5 Å². The average molecular weight is 572 g/mol. The number of hydrogen-bond donors (Lipinski definition) is 2. The first kappa shape index (κ1) is 30.5. The Hall–Kier alpha value is -4.43. The van der Waals surface area contributed by atoms with Crippen LogP contribution in [0, 0.1) is 5.82 Å². The molecule has 0 unspecified atom stereocenters. The third-order valence-electron chi connectivity index (χ3n) is 6.84. The predicted octanol–water partition coefficient (Wildman–Crippen LogP) is 6.54. The summed E-state index contributed by atoms with van der Waals surface area (Å²) in [4.78, 5) is 26.4. The molecule has 0 saturated heterocycles. The van der Waals surface area contributed by atoms with Crippen LogP contribution in [-0.2, 0) is 22.6 Å². The summed E-state index contributed by atoms with van der Waals surface area (Å²) in [5, 5.41) is 3.16. The van der Waals surface area contributed by atoms with Gasteiger partial charge in [0.1, 0.15) is 6.61 Å². The fourth-order valence-electron chi connectivity index (χ4n) is 4.68. The van der Waals surface area contributed by atoms with Gasteiger partial charge in [-0.15, -0.1) is 0 Å². The SMILES string of the molecule is CCN.CCc1ccc(Oc2ccc(NCCCN3C(=O)C4=C(CCC=C4)C3=O)cc2F)c(OCc2ccccc2)c1. The van der Waals surface area contributed by atoms with Crippen LogP contribution in [0.15, 0.2) is 90.0 Å². The second-order valence-electron chi connectivity index (χ2n) is 9.94. The smallest absolute Gasteiger partial charge is 0.261 e. The second kappa shape index (κ2) is 15.0. The monoisotopic (exact) mass is 571 g/mol. The first-order chi connectivity index (χ1) is 20.4. The lowest BCUT2D eigenvalue weighted by molar-refractivity contribution is -0.137. The van der Waals surface area contributed by atoms with Crippen LogP contribution in [-0.4, -0.2) is 36.3 Å². The van der Waals surface area contributed by atoms with E-state index in [0.717, 1.165) is 30.5 Å². The van der Waals surface area contributed by atoms with Crippen molar-refractivity contribution in [3.8, 4) is 17.2 Å². The zero-order valence-electron chi connectivity index (χ0n) is 24.2. The third-order valence-corrected chi connectivity index (χ3v) is 6.84. The molecule has 1 aliphatic carbocycles. The molecule has 0 atom stereocenters. The van der Waals surface area contributed by atoms with Crippen LogP contribution in [0.25, 0.3) is 0 Å². The van der Waals surface area contributed by atoms with Gasteiger partial charge in [-0.05, 0) is 67.6 Å². The molecule has 1 aliphatic heterocycles. The lowest BCUT2D eigenvalue weighted by atomic mass is 10.00. The van der Waals surface area contributed by atoms with Crippen LogP contribution >= 0.6 is 0 Å². The maximum atomic E-state index is 15.0. The minimum Gasteiger partial charge on any atom is -0.485 e. The number of nitrogens with two attached hydrogens (primary N) is 1. The maximum Gasteiger partial charge on any atom is 0.261 e. The maximum absolute atomic E-state index is 15.0. The number of benzene rings is 3. The fraction of sp³-hybridized carbons (Fsp3) is 0.294. The molecule has 0 aromatic heterocycles. The number of rotatable bonds is 11. The summed E-state index contributed by atoms with van der Waals surface area (Å²) in [6.07, 6.45) is 6.46. The van der Waals surface area contributed by atoms with Crippen molar-refractivity contribution < 1.29 is 23.5 Å². The number of nitrogens with one attached hydrogen (secondary N) is 1. The molecule has 7 nitrogen and oxygen atoms in total. The number of aryl methyl sites for hydroxylation is 1. The van der Waals surface area contributed by atoms with E-state index in [1.54, 1.807) is 24.3 Å². The Bertz CT molecular complexity index is 1450. The van der Waals surface area contributed by atoms with Crippen LogP contribution in [0.1, 0.15) is 44.2 Å². The molecule has 8 heteroatoms. The molecule has 0 fully saturated rings. The average Bonchev–Trinajstić information content (AvgIpc) is 3.25. The Kier molecular flexibility index (Phi) is 10.9. The minimum atomic E-state index is -0.512. The van der Waals surface area contributed by atoms with Gasteiger partial charge in [0, 0.05) is 36.0 Å². The summed E-state index contributed by atoms with van der Waals surface area (Å²) in [7, 11) is 0. The Morgan fingerprint density at radius 3 is 2.40 bits per heavy atom. The van der Waals surface area contributed by atoms with Crippen molar-refractivity contribution in [1.82, 2.24) is 4.90 Å². The summed E-state index contributed by atoms with van der Waals surface area (Å²) < 4.78 is 26.9. The van der Waals surface area contributed by atoms with E-state index < -0.39 is 5.82 Å². The van der Waals surface area contributed by atoms with E-state index in [0.29, 0.717) is 60.9 Å². The molecule has 5 rings (SSSR count). The van der Waals surface area contributed by atoms with E-state index in [4.69, 9.17) is 15.2 Å². The number of halogens is 1. The molecule has 220 valence electrons. The van der Waals surface area contributed by atoms with E-state index in [2.05, 4.69) is 12.2 Å². The Balaban J connectivity index is 0.00000129. The van der Waals surface area contributed by atoms with Gasteiger partial charge in [-0.3, -0.25) is 14.5 Å². The zero-order valence-corrected chi connectivity index (χ0v) is 24.2. The Morgan fingerprint density at radius 2 is 1.69 bits per heavy atom. The van der Waals surface area contributed by atoms with Gasteiger partial charge < -0.3 is 20.5 Å². The molecular formula is C34H38FN3O4. The zero-order chi connectivity index (χ0) is 29.9. The van der Waals surface area contributed by atoms with Gasteiger partial charge in [0.15, 0.2) is 23.1 Å². The molecule has 1 heterocycles. The third kappa shape index (κ3) is 7.64. The number of carbonyl (C=O) groups is 2. The quantitative estimate of drug-likeness (QED) is 0.200. The highest BCUT2D eigenvalue weighted by molar-refractivity contribution is 6.20. The van der Waals surface area contributed by atoms with Crippen LogP contribution in [0.5, 0.6) is 17.2 Å². The van der Waals surface area contributed by atoms with E-state index >= 15 is 0 Å². The van der Waals surface area contributed by atoms with Gasteiger partial charge >= 0.3 is 0 Å². The molecule has 3 aromatic rings. The molecule has 0 saturated carbocycles. The molecule has 2 aliphatic rings. The molecule has 3 N–H and O–H groups in total. The van der Waals surface area contributed by atoms with Crippen molar-refractivity contribution in [3.05, 3.63) is 107 Å². The Morgan fingerprint density at radius 1 is 0.929 bits per heavy atom. The van der Waals surface area contributed by atoms with Gasteiger partial charge in [-0.25, -0.2) is 4.39 Å². The van der Waals surface area contributed by atoms with E-state index in [1.165, 1.54) is 11.0 Å². The number of carbonyl (C=O) groups excluding carboxylic acids is 2. The van der Waals surface area contributed by atoms with Crippen molar-refractivity contribution >= 4 is 17.5 Å². The standard InChI is InChI=1S/C32H31FN2O4.C2H7N/c1-2-22-13-15-29(30(19-22)38-21-23-9-4-3-5-10-23)39-28-16-14-24(20-27(28)33)34-17-8-18-35-31(36)25-11-6-7-12-26(25)32(35)37;1-2-3/h3-6,9-11,13-16,19-20,34H,2,7-8,12,17-18,21H2,1H3;2-3H2,1H3. The van der Waals surface area contributed by atoms with Gasteiger partial charge in [0.05, 0.1) is 0 Å². The summed E-state index contributed by atoms with van der Waals surface area (Å²) in [6.45, 7) is 5.88. The molecular weight excluding hydrogens is 533 g/mol. The first-order valence-electron chi connectivity index (χ1n) is 14.4. The predicted molar refractivity (Wildman–Crippen MR) is 163 cm³/mol. The first-order valence-corrected chi connectivity index (χ1v) is 14.4. The van der Waals surface area contributed by atoms with Gasteiger partial charge in [0.2, 0.25) is 0 Å². The second-order valence-corrected chi connectivity index (χ2v) is 9.94. The molecule has 0 bridgehead atoms. The fourth-order valence-corrected chi connectivity index (χ4v) is 4.68. The lowest BCUT2D eigenvalue weighted by Gasteiger charge is -2.16. The molecule has 0 spiro atoms. The van der Waals surface area contributed by atoms with Crippen LogP contribution in [0.3, 0.4) is 0 Å². The van der Waals surface area contributed by atoms with Gasteiger partial charge in [-0.2, -0.15) is 0 Å². The summed E-state index contributed by atoms with van der Waals surface area (Å²) in [5.41, 5.74) is 8.69. The number of imide groups is 1. The van der Waals surface area contributed by atoms with Crippen molar-refractivity contribution in [3.63, 3.8) is 0 Å². The number of hydrogen-bond acceptors (Lipinski definition) is 6. The van der Waals surface area contributed by atoms with Crippen LogP contribution in [0.4, 0.5) is 10.1 Å². The van der Waals surface area contributed by atoms with E-state index in [1.807, 2.05) is 55.5 Å². The normalized spacial score (nSPS) is 14.0. The topological polar surface area (TPSA) is 93.9 Å². The number of nitrogens with zero attached hydrogens (tertiary/aromatic N) is 1. The molecule has 2 amide bonds.